The third kappa shape index (κ3) is 3.31. The predicted molar refractivity (Wildman–Crippen MR) is 92.0 cm³/mol. The van der Waals surface area contributed by atoms with E-state index in [1.807, 2.05) is 0 Å². The van der Waals surface area contributed by atoms with Crippen molar-refractivity contribution in [3.05, 3.63) is 70.8 Å². The number of halogens is 2. The maximum atomic E-state index is 14.2. The van der Waals surface area contributed by atoms with Gasteiger partial charge in [-0.1, -0.05) is 24.6 Å². The highest BCUT2D eigenvalue weighted by molar-refractivity contribution is 5.89. The molecular formula is C20H19F2NO3. The van der Waals surface area contributed by atoms with E-state index in [-0.39, 0.29) is 23.6 Å². The Bertz CT molecular complexity index is 826. The smallest absolute Gasteiger partial charge is 0.335 e. The summed E-state index contributed by atoms with van der Waals surface area (Å²) in [6, 6.07) is 10.1. The Kier molecular flexibility index (Phi) is 5.02. The molecule has 0 aliphatic heterocycles. The Morgan fingerprint density at radius 3 is 2.31 bits per heavy atom. The van der Waals surface area contributed by atoms with Crippen LogP contribution in [0.3, 0.4) is 0 Å². The van der Waals surface area contributed by atoms with Gasteiger partial charge in [0.05, 0.1) is 11.0 Å². The molecule has 1 aliphatic carbocycles. The maximum absolute atomic E-state index is 14.2. The van der Waals surface area contributed by atoms with Crippen LogP contribution in [0.15, 0.2) is 42.5 Å². The molecular weight excluding hydrogens is 340 g/mol. The molecule has 0 saturated heterocycles. The second kappa shape index (κ2) is 7.23. The molecule has 2 aromatic rings. The van der Waals surface area contributed by atoms with Gasteiger partial charge in [0, 0.05) is 12.1 Å². The Morgan fingerprint density at radius 2 is 1.73 bits per heavy atom. The van der Waals surface area contributed by atoms with E-state index < -0.39 is 23.0 Å². The maximum Gasteiger partial charge on any atom is 0.335 e. The van der Waals surface area contributed by atoms with Gasteiger partial charge in [-0.25, -0.2) is 13.6 Å². The van der Waals surface area contributed by atoms with Gasteiger partial charge < -0.3 is 10.4 Å². The Balaban J connectivity index is 1.69. The average Bonchev–Trinajstić information content (AvgIpc) is 2.56. The number of carboxylic acids is 1. The first-order valence-corrected chi connectivity index (χ1v) is 8.49. The summed E-state index contributed by atoms with van der Waals surface area (Å²) in [4.78, 5) is 23.7. The van der Waals surface area contributed by atoms with Gasteiger partial charge in [0.1, 0.15) is 11.6 Å². The summed E-state index contributed by atoms with van der Waals surface area (Å²) in [7, 11) is 0. The number of amides is 1. The van der Waals surface area contributed by atoms with Crippen LogP contribution in [0.1, 0.15) is 40.7 Å². The molecule has 1 fully saturated rings. The van der Waals surface area contributed by atoms with Crippen molar-refractivity contribution in [2.45, 2.75) is 31.1 Å². The molecule has 3 rings (SSSR count). The molecule has 1 saturated carbocycles. The second-order valence-electron chi connectivity index (χ2n) is 6.54. The zero-order chi connectivity index (χ0) is 18.7. The van der Waals surface area contributed by atoms with Crippen molar-refractivity contribution in [1.29, 1.82) is 0 Å². The quantitative estimate of drug-likeness (QED) is 0.830. The molecule has 1 aliphatic rings. The third-order valence-corrected chi connectivity index (χ3v) is 4.96. The fraction of sp³-hybridized carbons (Fsp3) is 0.300. The summed E-state index contributed by atoms with van der Waals surface area (Å²) < 4.78 is 28.3. The lowest BCUT2D eigenvalue weighted by atomic mass is 9.63. The van der Waals surface area contributed by atoms with Crippen LogP contribution < -0.4 is 5.32 Å². The summed E-state index contributed by atoms with van der Waals surface area (Å²) >= 11 is 0. The van der Waals surface area contributed by atoms with Crippen LogP contribution in [-0.2, 0) is 16.6 Å². The van der Waals surface area contributed by atoms with Crippen LogP contribution in [0.2, 0.25) is 0 Å². The molecule has 0 atom stereocenters. The number of rotatable bonds is 6. The average molecular weight is 359 g/mol. The molecule has 0 heterocycles. The second-order valence-corrected chi connectivity index (χ2v) is 6.54. The first-order valence-electron chi connectivity index (χ1n) is 8.49. The van der Waals surface area contributed by atoms with Crippen molar-refractivity contribution >= 4 is 11.9 Å². The van der Waals surface area contributed by atoms with Crippen molar-refractivity contribution in [3.8, 4) is 0 Å². The first kappa shape index (κ1) is 18.0. The van der Waals surface area contributed by atoms with Gasteiger partial charge in [0.15, 0.2) is 0 Å². The number of carboxylic acid groups (broad SMARTS) is 1. The van der Waals surface area contributed by atoms with Crippen molar-refractivity contribution < 1.29 is 23.5 Å². The lowest BCUT2D eigenvalue weighted by Crippen LogP contribution is -2.50. The summed E-state index contributed by atoms with van der Waals surface area (Å²) in [5.74, 6) is -2.80. The lowest BCUT2D eigenvalue weighted by molar-refractivity contribution is -0.130. The highest BCUT2D eigenvalue weighted by Gasteiger charge is 2.48. The topological polar surface area (TPSA) is 66.4 Å². The van der Waals surface area contributed by atoms with Gasteiger partial charge in [-0.2, -0.15) is 0 Å². The number of hydrogen-bond donors (Lipinski definition) is 2. The largest absolute Gasteiger partial charge is 0.478 e. The highest BCUT2D eigenvalue weighted by atomic mass is 19.1. The normalized spacial score (nSPS) is 15.2. The summed E-state index contributed by atoms with van der Waals surface area (Å²) in [6.45, 7) is 0.264. The van der Waals surface area contributed by atoms with E-state index in [2.05, 4.69) is 5.32 Å². The van der Waals surface area contributed by atoms with Crippen molar-refractivity contribution in [2.24, 2.45) is 0 Å². The van der Waals surface area contributed by atoms with Crippen molar-refractivity contribution in [3.63, 3.8) is 0 Å². The number of aromatic carboxylic acids is 1. The van der Waals surface area contributed by atoms with Crippen LogP contribution in [0, 0.1) is 11.6 Å². The molecule has 0 bridgehead atoms. The minimum absolute atomic E-state index is 0.156. The van der Waals surface area contributed by atoms with E-state index in [0.29, 0.717) is 19.3 Å². The van der Waals surface area contributed by atoms with Gasteiger partial charge in [-0.15, -0.1) is 0 Å². The third-order valence-electron chi connectivity index (χ3n) is 4.96. The SMILES string of the molecule is O=C(O)c1cccc(CCNC(=O)C2(c3c(F)cccc3F)CCC2)c1. The van der Waals surface area contributed by atoms with E-state index in [9.17, 15) is 18.4 Å². The molecule has 1 amide bonds. The number of carbonyl (C=O) groups excluding carboxylic acids is 1. The number of hydrogen-bond acceptors (Lipinski definition) is 2. The van der Waals surface area contributed by atoms with Crippen LogP contribution in [-0.4, -0.2) is 23.5 Å². The van der Waals surface area contributed by atoms with Gasteiger partial charge in [0.2, 0.25) is 5.91 Å². The van der Waals surface area contributed by atoms with Gasteiger partial charge in [-0.3, -0.25) is 4.79 Å². The van der Waals surface area contributed by atoms with Crippen LogP contribution >= 0.6 is 0 Å². The Labute approximate surface area is 149 Å². The Hall–Kier alpha value is -2.76. The summed E-state index contributed by atoms with van der Waals surface area (Å²) in [6.07, 6.45) is 1.99. The fourth-order valence-electron chi connectivity index (χ4n) is 3.43. The van der Waals surface area contributed by atoms with Gasteiger partial charge >= 0.3 is 5.97 Å². The van der Waals surface area contributed by atoms with Crippen molar-refractivity contribution in [2.75, 3.05) is 6.54 Å². The van der Waals surface area contributed by atoms with Crippen molar-refractivity contribution in [1.82, 2.24) is 5.32 Å². The van der Waals surface area contributed by atoms with Crippen LogP contribution in [0.5, 0.6) is 0 Å². The summed E-state index contributed by atoms with van der Waals surface area (Å²) in [5.41, 5.74) is -0.363. The number of nitrogens with one attached hydrogen (secondary N) is 1. The van der Waals surface area contributed by atoms with Gasteiger partial charge in [0.25, 0.3) is 0 Å². The highest BCUT2D eigenvalue weighted by Crippen LogP contribution is 2.45. The molecule has 0 unspecified atom stereocenters. The first-order chi connectivity index (χ1) is 12.4. The van der Waals surface area contributed by atoms with E-state index in [4.69, 9.17) is 5.11 Å². The Morgan fingerprint density at radius 1 is 1.08 bits per heavy atom. The molecule has 0 radical (unpaired) electrons. The zero-order valence-corrected chi connectivity index (χ0v) is 14.1. The zero-order valence-electron chi connectivity index (χ0n) is 14.1. The van der Waals surface area contributed by atoms with Gasteiger partial charge in [-0.05, 0) is 49.1 Å². The molecule has 0 spiro atoms. The van der Waals surface area contributed by atoms with E-state index in [0.717, 1.165) is 12.0 Å². The molecule has 2 aromatic carbocycles. The molecule has 2 N–H and O–H groups in total. The minimum atomic E-state index is -1.15. The molecule has 0 aromatic heterocycles. The molecule has 26 heavy (non-hydrogen) atoms. The number of benzene rings is 2. The molecule has 6 heteroatoms. The predicted octanol–water partition coefficient (Wildman–Crippen LogP) is 3.44. The lowest BCUT2D eigenvalue weighted by Gasteiger charge is -2.40. The standard InChI is InChI=1S/C20H19F2NO3/c21-15-6-2-7-16(22)17(15)20(9-3-10-20)19(26)23-11-8-13-4-1-5-14(12-13)18(24)25/h1-2,4-7,12H,3,8-11H2,(H,23,26)(H,24,25). The fourth-order valence-corrected chi connectivity index (χ4v) is 3.43. The summed E-state index contributed by atoms with van der Waals surface area (Å²) in [5, 5.41) is 11.8. The van der Waals surface area contributed by atoms with E-state index in [1.54, 1.807) is 18.2 Å². The molecule has 136 valence electrons. The molecule has 4 nitrogen and oxygen atoms in total. The van der Waals surface area contributed by atoms with E-state index >= 15 is 0 Å². The minimum Gasteiger partial charge on any atom is -0.478 e. The number of carbonyl (C=O) groups is 2. The monoisotopic (exact) mass is 359 g/mol. The van der Waals surface area contributed by atoms with E-state index in [1.165, 1.54) is 24.3 Å². The van der Waals surface area contributed by atoms with Crippen LogP contribution in [0.25, 0.3) is 0 Å². The van der Waals surface area contributed by atoms with Crippen LogP contribution in [0.4, 0.5) is 8.78 Å².